The summed E-state index contributed by atoms with van der Waals surface area (Å²) in [6, 6.07) is 0. The summed E-state index contributed by atoms with van der Waals surface area (Å²) in [5.41, 5.74) is -0.493. The van der Waals surface area contributed by atoms with Gasteiger partial charge in [-0.2, -0.15) is 0 Å². The van der Waals surface area contributed by atoms with Gasteiger partial charge in [-0.05, 0) is 33.3 Å². The number of allylic oxidation sites excluding steroid dienone is 1. The average molecular weight is 212 g/mol. The van der Waals surface area contributed by atoms with Crippen molar-refractivity contribution in [1.29, 1.82) is 0 Å². The van der Waals surface area contributed by atoms with Gasteiger partial charge in [-0.1, -0.05) is 13.5 Å². The van der Waals surface area contributed by atoms with Crippen molar-refractivity contribution >= 4 is 11.8 Å². The highest BCUT2D eigenvalue weighted by atomic mass is 16.6. The maximum Gasteiger partial charge on any atom is 0.307 e. The zero-order chi connectivity index (χ0) is 12.1. The molecule has 0 rings (SSSR count). The van der Waals surface area contributed by atoms with Gasteiger partial charge in [0, 0.05) is 5.92 Å². The van der Waals surface area contributed by atoms with Crippen molar-refractivity contribution in [3.05, 3.63) is 12.7 Å². The molecule has 0 N–H and O–H groups in total. The van der Waals surface area contributed by atoms with Crippen LogP contribution >= 0.6 is 0 Å². The molecular weight excluding hydrogens is 192 g/mol. The van der Waals surface area contributed by atoms with Crippen LogP contribution in [0.25, 0.3) is 0 Å². The second-order valence-corrected chi connectivity index (χ2v) is 4.50. The van der Waals surface area contributed by atoms with E-state index in [4.69, 9.17) is 4.74 Å². The molecule has 0 aliphatic heterocycles. The first-order chi connectivity index (χ1) is 6.80. The number of carbonyl (C=O) groups is 2. The maximum absolute atomic E-state index is 11.4. The summed E-state index contributed by atoms with van der Waals surface area (Å²) >= 11 is 0. The standard InChI is InChI=1S/C12H20O3/c1-6-9(10(13)7-2)8-11(14)15-12(3,4)5/h7,9H,2,6,8H2,1,3-5H3/t9-/m1/s1. The molecule has 0 aromatic heterocycles. The lowest BCUT2D eigenvalue weighted by Crippen LogP contribution is -2.26. The largest absolute Gasteiger partial charge is 0.460 e. The van der Waals surface area contributed by atoms with Crippen LogP contribution < -0.4 is 0 Å². The fourth-order valence-corrected chi connectivity index (χ4v) is 1.20. The number of ketones is 1. The molecule has 0 saturated heterocycles. The van der Waals surface area contributed by atoms with E-state index in [0.29, 0.717) is 6.42 Å². The Bertz CT molecular complexity index is 248. The first kappa shape index (κ1) is 13.9. The maximum atomic E-state index is 11.4. The molecule has 0 aliphatic rings. The predicted octanol–water partition coefficient (Wildman–Crippen LogP) is 2.50. The molecule has 15 heavy (non-hydrogen) atoms. The van der Waals surface area contributed by atoms with Crippen LogP contribution in [0.1, 0.15) is 40.5 Å². The van der Waals surface area contributed by atoms with E-state index in [0.717, 1.165) is 0 Å². The lowest BCUT2D eigenvalue weighted by atomic mass is 9.97. The minimum Gasteiger partial charge on any atom is -0.460 e. The third-order valence-corrected chi connectivity index (χ3v) is 1.93. The molecule has 0 bridgehead atoms. The number of hydrogen-bond donors (Lipinski definition) is 0. The molecule has 0 saturated carbocycles. The fourth-order valence-electron chi connectivity index (χ4n) is 1.20. The normalized spacial score (nSPS) is 13.1. The zero-order valence-electron chi connectivity index (χ0n) is 10.0. The lowest BCUT2D eigenvalue weighted by molar-refractivity contribution is -0.156. The summed E-state index contributed by atoms with van der Waals surface area (Å²) in [4.78, 5) is 22.8. The van der Waals surface area contributed by atoms with E-state index in [2.05, 4.69) is 6.58 Å². The molecule has 0 aliphatic carbocycles. The molecule has 0 amide bonds. The topological polar surface area (TPSA) is 43.4 Å². The van der Waals surface area contributed by atoms with Crippen molar-refractivity contribution in [1.82, 2.24) is 0 Å². The Morgan fingerprint density at radius 3 is 2.27 bits per heavy atom. The molecule has 1 atom stereocenters. The van der Waals surface area contributed by atoms with Gasteiger partial charge in [-0.3, -0.25) is 9.59 Å². The Morgan fingerprint density at radius 2 is 1.93 bits per heavy atom. The molecule has 86 valence electrons. The van der Waals surface area contributed by atoms with Gasteiger partial charge in [0.05, 0.1) is 6.42 Å². The van der Waals surface area contributed by atoms with Gasteiger partial charge < -0.3 is 4.74 Å². The van der Waals surface area contributed by atoms with Crippen molar-refractivity contribution in [2.24, 2.45) is 5.92 Å². The number of ether oxygens (including phenoxy) is 1. The highest BCUT2D eigenvalue weighted by Gasteiger charge is 2.22. The van der Waals surface area contributed by atoms with E-state index in [1.54, 1.807) is 20.8 Å². The van der Waals surface area contributed by atoms with Crippen LogP contribution in [-0.2, 0) is 14.3 Å². The minimum atomic E-state index is -0.493. The van der Waals surface area contributed by atoms with Crippen molar-refractivity contribution < 1.29 is 14.3 Å². The van der Waals surface area contributed by atoms with Gasteiger partial charge in [-0.25, -0.2) is 0 Å². The Balaban J connectivity index is 4.25. The Hall–Kier alpha value is -1.12. The molecule has 3 nitrogen and oxygen atoms in total. The number of carbonyl (C=O) groups excluding carboxylic acids is 2. The van der Waals surface area contributed by atoms with Crippen molar-refractivity contribution in [2.45, 2.75) is 46.1 Å². The summed E-state index contributed by atoms with van der Waals surface area (Å²) in [5.74, 6) is -0.717. The predicted molar refractivity (Wildman–Crippen MR) is 59.4 cm³/mol. The highest BCUT2D eigenvalue weighted by molar-refractivity contribution is 5.93. The van der Waals surface area contributed by atoms with Gasteiger partial charge in [-0.15, -0.1) is 0 Å². The Labute approximate surface area is 91.5 Å². The molecule has 0 unspecified atom stereocenters. The number of rotatable bonds is 5. The van der Waals surface area contributed by atoms with Crippen LogP contribution in [0.15, 0.2) is 12.7 Å². The zero-order valence-corrected chi connectivity index (χ0v) is 10.0. The monoisotopic (exact) mass is 212 g/mol. The Morgan fingerprint density at radius 1 is 1.40 bits per heavy atom. The van der Waals surface area contributed by atoms with Crippen LogP contribution in [0.4, 0.5) is 0 Å². The molecule has 0 spiro atoms. The quantitative estimate of drug-likeness (QED) is 0.519. The molecule has 3 heteroatoms. The molecule has 0 radical (unpaired) electrons. The molecule has 0 fully saturated rings. The molecular formula is C12H20O3. The summed E-state index contributed by atoms with van der Waals surface area (Å²) in [6.07, 6.45) is 2.03. The van der Waals surface area contributed by atoms with E-state index in [1.807, 2.05) is 6.92 Å². The molecule has 0 aromatic rings. The van der Waals surface area contributed by atoms with E-state index < -0.39 is 5.60 Å². The molecule has 0 aromatic carbocycles. The minimum absolute atomic E-state index is 0.0941. The first-order valence-electron chi connectivity index (χ1n) is 5.18. The van der Waals surface area contributed by atoms with Crippen LogP contribution in [0, 0.1) is 5.92 Å². The SMILES string of the molecule is C=CC(=O)[C@H](CC)CC(=O)OC(C)(C)C. The summed E-state index contributed by atoms with van der Waals surface area (Å²) < 4.78 is 5.14. The lowest BCUT2D eigenvalue weighted by Gasteiger charge is -2.21. The van der Waals surface area contributed by atoms with E-state index in [1.165, 1.54) is 6.08 Å². The summed E-state index contributed by atoms with van der Waals surface area (Å²) in [7, 11) is 0. The highest BCUT2D eigenvalue weighted by Crippen LogP contribution is 2.15. The number of esters is 1. The van der Waals surface area contributed by atoms with Gasteiger partial charge in [0.25, 0.3) is 0 Å². The van der Waals surface area contributed by atoms with Crippen LogP contribution in [0.5, 0.6) is 0 Å². The van der Waals surface area contributed by atoms with E-state index in [9.17, 15) is 9.59 Å². The van der Waals surface area contributed by atoms with Crippen LogP contribution in [0.3, 0.4) is 0 Å². The van der Waals surface area contributed by atoms with Crippen LogP contribution in [-0.4, -0.2) is 17.4 Å². The second kappa shape index (κ2) is 5.69. The van der Waals surface area contributed by atoms with Crippen LogP contribution in [0.2, 0.25) is 0 Å². The summed E-state index contributed by atoms with van der Waals surface area (Å²) in [5, 5.41) is 0. The van der Waals surface area contributed by atoms with E-state index >= 15 is 0 Å². The Kier molecular flexibility index (Phi) is 5.26. The van der Waals surface area contributed by atoms with Gasteiger partial charge in [0.15, 0.2) is 5.78 Å². The first-order valence-corrected chi connectivity index (χ1v) is 5.18. The van der Waals surface area contributed by atoms with Crippen molar-refractivity contribution in [2.75, 3.05) is 0 Å². The van der Waals surface area contributed by atoms with Crippen molar-refractivity contribution in [3.63, 3.8) is 0 Å². The molecule has 0 heterocycles. The fraction of sp³-hybridized carbons (Fsp3) is 0.667. The number of hydrogen-bond acceptors (Lipinski definition) is 3. The third kappa shape index (κ3) is 6.05. The van der Waals surface area contributed by atoms with Gasteiger partial charge >= 0.3 is 5.97 Å². The van der Waals surface area contributed by atoms with Gasteiger partial charge in [0.1, 0.15) is 5.60 Å². The third-order valence-electron chi connectivity index (χ3n) is 1.93. The second-order valence-electron chi connectivity index (χ2n) is 4.50. The smallest absolute Gasteiger partial charge is 0.307 e. The van der Waals surface area contributed by atoms with Crippen molar-refractivity contribution in [3.8, 4) is 0 Å². The average Bonchev–Trinajstić information content (AvgIpc) is 2.10. The summed E-state index contributed by atoms with van der Waals surface area (Å²) in [6.45, 7) is 10.7. The van der Waals surface area contributed by atoms with Gasteiger partial charge in [0.2, 0.25) is 0 Å². The van der Waals surface area contributed by atoms with E-state index in [-0.39, 0.29) is 24.1 Å².